The van der Waals surface area contributed by atoms with Gasteiger partial charge in [0.05, 0.1) is 18.2 Å². The summed E-state index contributed by atoms with van der Waals surface area (Å²) in [6.07, 6.45) is 0. The third-order valence-electron chi connectivity index (χ3n) is 2.80. The van der Waals surface area contributed by atoms with Crippen LogP contribution in [0.4, 0.5) is 0 Å². The van der Waals surface area contributed by atoms with Crippen molar-refractivity contribution in [3.8, 4) is 0 Å². The van der Waals surface area contributed by atoms with Crippen LogP contribution >= 0.6 is 38.5 Å². The molecule has 0 heterocycles. The van der Waals surface area contributed by atoms with E-state index in [4.69, 9.17) is 4.74 Å². The minimum Gasteiger partial charge on any atom is -0.380 e. The van der Waals surface area contributed by atoms with Crippen LogP contribution < -0.4 is 5.32 Å². The minimum atomic E-state index is -0.0659. The Balaban J connectivity index is 2.78. The molecule has 0 saturated heterocycles. The highest BCUT2D eigenvalue weighted by atomic mass is 127. The van der Waals surface area contributed by atoms with Gasteiger partial charge in [-0.25, -0.2) is 0 Å². The molecule has 106 valence electrons. The van der Waals surface area contributed by atoms with Crippen LogP contribution in [0.5, 0.6) is 0 Å². The fourth-order valence-corrected chi connectivity index (χ4v) is 2.48. The van der Waals surface area contributed by atoms with Gasteiger partial charge in [-0.2, -0.15) is 0 Å². The Labute approximate surface area is 136 Å². The van der Waals surface area contributed by atoms with Crippen molar-refractivity contribution in [3.63, 3.8) is 0 Å². The highest BCUT2D eigenvalue weighted by Crippen LogP contribution is 2.20. The normalized spacial score (nSPS) is 12.5. The predicted molar refractivity (Wildman–Crippen MR) is 89.4 cm³/mol. The number of nitrogens with one attached hydrogen (secondary N) is 1. The van der Waals surface area contributed by atoms with Gasteiger partial charge >= 0.3 is 0 Å². The minimum absolute atomic E-state index is 0.0252. The molecule has 3 nitrogen and oxygen atoms in total. The van der Waals surface area contributed by atoms with E-state index in [1.54, 1.807) is 0 Å². The third-order valence-corrected chi connectivity index (χ3v) is 4.16. The molecule has 1 atom stereocenters. The summed E-state index contributed by atoms with van der Waals surface area (Å²) in [7, 11) is 0. The van der Waals surface area contributed by atoms with Crippen molar-refractivity contribution in [3.05, 3.63) is 31.8 Å². The van der Waals surface area contributed by atoms with Crippen molar-refractivity contribution in [2.45, 2.75) is 26.8 Å². The Kier molecular flexibility index (Phi) is 7.31. The summed E-state index contributed by atoms with van der Waals surface area (Å²) < 4.78 is 7.27. The van der Waals surface area contributed by atoms with Gasteiger partial charge in [-0.05, 0) is 69.6 Å². The zero-order chi connectivity index (χ0) is 14.4. The van der Waals surface area contributed by atoms with E-state index in [-0.39, 0.29) is 11.9 Å². The van der Waals surface area contributed by atoms with Crippen molar-refractivity contribution < 1.29 is 9.53 Å². The van der Waals surface area contributed by atoms with Gasteiger partial charge in [-0.1, -0.05) is 13.8 Å². The van der Waals surface area contributed by atoms with Crippen LogP contribution in [0.2, 0.25) is 0 Å². The van der Waals surface area contributed by atoms with Crippen molar-refractivity contribution in [2.24, 2.45) is 5.92 Å². The van der Waals surface area contributed by atoms with Gasteiger partial charge in [-0.3, -0.25) is 4.79 Å². The molecule has 0 saturated carbocycles. The molecule has 19 heavy (non-hydrogen) atoms. The smallest absolute Gasteiger partial charge is 0.252 e. The van der Waals surface area contributed by atoms with E-state index in [0.29, 0.717) is 24.7 Å². The Morgan fingerprint density at radius 2 is 2.16 bits per heavy atom. The second-order valence-electron chi connectivity index (χ2n) is 4.61. The second kappa shape index (κ2) is 8.21. The van der Waals surface area contributed by atoms with Gasteiger partial charge in [0, 0.05) is 14.6 Å². The van der Waals surface area contributed by atoms with Gasteiger partial charge in [0.25, 0.3) is 5.91 Å². The lowest BCUT2D eigenvalue weighted by atomic mass is 10.0. The van der Waals surface area contributed by atoms with Crippen LogP contribution in [-0.4, -0.2) is 25.2 Å². The monoisotopic (exact) mass is 439 g/mol. The largest absolute Gasteiger partial charge is 0.380 e. The zero-order valence-electron chi connectivity index (χ0n) is 11.4. The van der Waals surface area contributed by atoms with Crippen molar-refractivity contribution in [1.29, 1.82) is 0 Å². The topological polar surface area (TPSA) is 38.3 Å². The van der Waals surface area contributed by atoms with E-state index < -0.39 is 0 Å². The lowest BCUT2D eigenvalue weighted by Gasteiger charge is -2.22. The lowest BCUT2D eigenvalue weighted by molar-refractivity contribution is 0.0805. The fraction of sp³-hybridized carbons (Fsp3) is 0.500. The number of amides is 1. The van der Waals surface area contributed by atoms with Crippen LogP contribution in [0.15, 0.2) is 22.7 Å². The summed E-state index contributed by atoms with van der Waals surface area (Å²) in [6, 6.07) is 5.75. The van der Waals surface area contributed by atoms with E-state index >= 15 is 0 Å². The molecular weight excluding hydrogens is 421 g/mol. The molecule has 0 aliphatic rings. The number of carbonyl (C=O) groups is 1. The van der Waals surface area contributed by atoms with Gasteiger partial charge < -0.3 is 10.1 Å². The van der Waals surface area contributed by atoms with Crippen molar-refractivity contribution in [1.82, 2.24) is 5.32 Å². The van der Waals surface area contributed by atoms with Crippen LogP contribution in [-0.2, 0) is 4.74 Å². The number of benzene rings is 1. The molecule has 0 aliphatic carbocycles. The molecule has 0 bridgehead atoms. The highest BCUT2D eigenvalue weighted by Gasteiger charge is 2.18. The fourth-order valence-electron chi connectivity index (χ4n) is 1.56. The number of hydrogen-bond donors (Lipinski definition) is 1. The number of rotatable bonds is 6. The van der Waals surface area contributed by atoms with Crippen LogP contribution in [0.1, 0.15) is 31.1 Å². The summed E-state index contributed by atoms with van der Waals surface area (Å²) in [6.45, 7) is 7.31. The SMILES string of the molecule is CCOCC(NC(=O)c1cc(I)ccc1Br)C(C)C. The number of hydrogen-bond acceptors (Lipinski definition) is 2. The molecule has 1 amide bonds. The maximum atomic E-state index is 12.3. The first-order valence-electron chi connectivity index (χ1n) is 6.29. The standard InChI is InChI=1S/C14H19BrINO2/c1-4-19-8-13(9(2)3)17-14(18)11-7-10(16)5-6-12(11)15/h5-7,9,13H,4,8H2,1-3H3,(H,17,18). The van der Waals surface area contributed by atoms with E-state index in [0.717, 1.165) is 8.04 Å². The highest BCUT2D eigenvalue weighted by molar-refractivity contribution is 14.1. The average Bonchev–Trinajstić information content (AvgIpc) is 2.36. The number of halogens is 2. The summed E-state index contributed by atoms with van der Waals surface area (Å²) >= 11 is 5.61. The molecule has 1 aromatic carbocycles. The van der Waals surface area contributed by atoms with Crippen LogP contribution in [0, 0.1) is 9.49 Å². The molecule has 1 unspecified atom stereocenters. The average molecular weight is 440 g/mol. The van der Waals surface area contributed by atoms with Crippen LogP contribution in [0.3, 0.4) is 0 Å². The van der Waals surface area contributed by atoms with E-state index in [1.165, 1.54) is 0 Å². The molecule has 0 aliphatic heterocycles. The van der Waals surface area contributed by atoms with Crippen molar-refractivity contribution in [2.75, 3.05) is 13.2 Å². The van der Waals surface area contributed by atoms with E-state index in [1.807, 2.05) is 25.1 Å². The van der Waals surface area contributed by atoms with Gasteiger partial charge in [0.1, 0.15) is 0 Å². The Morgan fingerprint density at radius 1 is 1.47 bits per heavy atom. The lowest BCUT2D eigenvalue weighted by Crippen LogP contribution is -2.42. The molecule has 0 spiro atoms. The maximum absolute atomic E-state index is 12.3. The van der Waals surface area contributed by atoms with Gasteiger partial charge in [0.2, 0.25) is 0 Å². The molecule has 1 aromatic rings. The molecule has 0 radical (unpaired) electrons. The quantitative estimate of drug-likeness (QED) is 0.683. The van der Waals surface area contributed by atoms with Crippen LogP contribution in [0.25, 0.3) is 0 Å². The first-order chi connectivity index (χ1) is 8.95. The summed E-state index contributed by atoms with van der Waals surface area (Å²) in [5.41, 5.74) is 0.661. The summed E-state index contributed by atoms with van der Waals surface area (Å²) in [4.78, 5) is 12.3. The summed E-state index contributed by atoms with van der Waals surface area (Å²) in [5.74, 6) is 0.265. The van der Waals surface area contributed by atoms with Crippen molar-refractivity contribution >= 4 is 44.4 Å². The van der Waals surface area contributed by atoms with Gasteiger partial charge in [0.15, 0.2) is 0 Å². The molecule has 1 rings (SSSR count). The predicted octanol–water partition coefficient (Wildman–Crippen LogP) is 3.84. The van der Waals surface area contributed by atoms with Gasteiger partial charge in [-0.15, -0.1) is 0 Å². The first-order valence-corrected chi connectivity index (χ1v) is 8.16. The molecular formula is C14H19BrINO2. The molecule has 5 heteroatoms. The molecule has 0 aromatic heterocycles. The van der Waals surface area contributed by atoms with E-state index in [2.05, 4.69) is 57.7 Å². The molecule has 0 fully saturated rings. The Bertz CT molecular complexity index is 437. The third kappa shape index (κ3) is 5.39. The second-order valence-corrected chi connectivity index (χ2v) is 6.71. The maximum Gasteiger partial charge on any atom is 0.252 e. The molecule has 1 N–H and O–H groups in total. The van der Waals surface area contributed by atoms with E-state index in [9.17, 15) is 4.79 Å². The number of ether oxygens (including phenoxy) is 1. The zero-order valence-corrected chi connectivity index (χ0v) is 15.1. The Morgan fingerprint density at radius 3 is 2.74 bits per heavy atom. The number of carbonyl (C=O) groups excluding carboxylic acids is 1. The Hall–Kier alpha value is -0.140. The first kappa shape index (κ1) is 16.9. The summed E-state index contributed by atoms with van der Waals surface area (Å²) in [5, 5.41) is 3.04.